The number of rotatable bonds is 4. The first-order valence-corrected chi connectivity index (χ1v) is 7.17. The molecule has 0 saturated heterocycles. The summed E-state index contributed by atoms with van der Waals surface area (Å²) >= 11 is 0. The second-order valence-corrected chi connectivity index (χ2v) is 5.41. The summed E-state index contributed by atoms with van der Waals surface area (Å²) in [6, 6.07) is 15.9. The van der Waals surface area contributed by atoms with E-state index in [2.05, 4.69) is 30.8 Å². The van der Waals surface area contributed by atoms with Crippen LogP contribution >= 0.6 is 0 Å². The Balaban J connectivity index is 1.90. The van der Waals surface area contributed by atoms with Crippen LogP contribution in [0.4, 0.5) is 0 Å². The van der Waals surface area contributed by atoms with Crippen molar-refractivity contribution in [3.63, 3.8) is 0 Å². The molecule has 1 saturated carbocycles. The molecule has 3 rings (SSSR count). The molecule has 2 heteroatoms. The van der Waals surface area contributed by atoms with Crippen molar-refractivity contribution in [2.45, 2.75) is 18.8 Å². The van der Waals surface area contributed by atoms with Crippen LogP contribution < -0.4 is 0 Å². The Kier molecular flexibility index (Phi) is 3.61. The van der Waals surface area contributed by atoms with E-state index in [1.165, 1.54) is 31.1 Å². The van der Waals surface area contributed by atoms with Gasteiger partial charge in [0.15, 0.2) is 0 Å². The summed E-state index contributed by atoms with van der Waals surface area (Å²) < 4.78 is 4.72. The van der Waals surface area contributed by atoms with Crippen molar-refractivity contribution in [1.29, 1.82) is 0 Å². The summed E-state index contributed by atoms with van der Waals surface area (Å²) in [6.45, 7) is 4.24. The predicted octanol–water partition coefficient (Wildman–Crippen LogP) is 4.41. The van der Waals surface area contributed by atoms with Crippen LogP contribution in [0, 0.1) is 0 Å². The molecule has 0 amide bonds. The largest absolute Gasteiger partial charge is 0.465 e. The molecular formula is C19H18O2. The van der Waals surface area contributed by atoms with Crippen LogP contribution in [-0.2, 0) is 4.74 Å². The molecule has 106 valence electrons. The molecule has 21 heavy (non-hydrogen) atoms. The predicted molar refractivity (Wildman–Crippen MR) is 84.3 cm³/mol. The first-order valence-electron chi connectivity index (χ1n) is 7.17. The maximum atomic E-state index is 11.5. The fourth-order valence-corrected chi connectivity index (χ4v) is 2.60. The number of hydrogen-bond acceptors (Lipinski definition) is 2. The van der Waals surface area contributed by atoms with Crippen LogP contribution in [0.5, 0.6) is 0 Å². The van der Waals surface area contributed by atoms with Crippen LogP contribution in [0.1, 0.15) is 45.8 Å². The number of carbonyl (C=O) groups is 1. The highest BCUT2D eigenvalue weighted by Gasteiger charge is 2.26. The van der Waals surface area contributed by atoms with E-state index in [1.807, 2.05) is 12.1 Å². The molecular weight excluding hydrogens is 260 g/mol. The van der Waals surface area contributed by atoms with Crippen LogP contribution in [0.3, 0.4) is 0 Å². The van der Waals surface area contributed by atoms with Gasteiger partial charge in [-0.1, -0.05) is 43.0 Å². The first kappa shape index (κ1) is 13.6. The van der Waals surface area contributed by atoms with Crippen LogP contribution in [0.25, 0.3) is 5.57 Å². The molecule has 0 radical (unpaired) electrons. The van der Waals surface area contributed by atoms with E-state index in [4.69, 9.17) is 4.74 Å². The molecule has 1 fully saturated rings. The highest BCUT2D eigenvalue weighted by Crippen LogP contribution is 2.43. The number of carbonyl (C=O) groups excluding carboxylic acids is 1. The number of ether oxygens (including phenoxy) is 1. The molecule has 1 aliphatic carbocycles. The summed E-state index contributed by atoms with van der Waals surface area (Å²) in [5.41, 5.74) is 5.21. The fourth-order valence-electron chi connectivity index (χ4n) is 2.60. The Morgan fingerprint density at radius 3 is 2.29 bits per heavy atom. The lowest BCUT2D eigenvalue weighted by Gasteiger charge is -2.12. The van der Waals surface area contributed by atoms with Crippen LogP contribution in [0.15, 0.2) is 55.1 Å². The topological polar surface area (TPSA) is 26.3 Å². The quantitative estimate of drug-likeness (QED) is 0.774. The van der Waals surface area contributed by atoms with E-state index in [0.29, 0.717) is 11.5 Å². The van der Waals surface area contributed by atoms with Gasteiger partial charge in [0.1, 0.15) is 0 Å². The zero-order valence-corrected chi connectivity index (χ0v) is 12.1. The van der Waals surface area contributed by atoms with Gasteiger partial charge in [0.2, 0.25) is 0 Å². The van der Waals surface area contributed by atoms with E-state index in [0.717, 1.165) is 11.1 Å². The maximum Gasteiger partial charge on any atom is 0.337 e. The second-order valence-electron chi connectivity index (χ2n) is 5.41. The van der Waals surface area contributed by atoms with Crippen molar-refractivity contribution in [2.24, 2.45) is 0 Å². The average Bonchev–Trinajstić information content (AvgIpc) is 3.38. The van der Waals surface area contributed by atoms with Gasteiger partial charge in [-0.3, -0.25) is 0 Å². The zero-order chi connectivity index (χ0) is 14.8. The van der Waals surface area contributed by atoms with Gasteiger partial charge in [-0.15, -0.1) is 0 Å². The Morgan fingerprint density at radius 2 is 1.67 bits per heavy atom. The Bertz CT molecular complexity index is 679. The highest BCUT2D eigenvalue weighted by atomic mass is 16.5. The molecule has 0 bridgehead atoms. The number of esters is 1. The molecule has 0 atom stereocenters. The third-order valence-electron chi connectivity index (χ3n) is 3.96. The number of hydrogen-bond donors (Lipinski definition) is 0. The minimum atomic E-state index is -0.314. The second kappa shape index (κ2) is 5.57. The van der Waals surface area contributed by atoms with E-state index < -0.39 is 0 Å². The van der Waals surface area contributed by atoms with E-state index in [9.17, 15) is 4.79 Å². The Hall–Kier alpha value is -2.35. The van der Waals surface area contributed by atoms with Gasteiger partial charge in [-0.25, -0.2) is 4.79 Å². The molecule has 0 spiro atoms. The maximum absolute atomic E-state index is 11.5. The minimum Gasteiger partial charge on any atom is -0.465 e. The Morgan fingerprint density at radius 1 is 1.05 bits per heavy atom. The molecule has 0 aliphatic heterocycles. The standard InChI is InChI=1S/C19H18O2/c1-13(14-7-11-16(12-8-14)19(20)21-2)17-5-3-4-6-18(17)15-9-10-15/h3-8,11-12,15H,1,9-10H2,2H3. The zero-order valence-electron chi connectivity index (χ0n) is 12.1. The van der Waals surface area contributed by atoms with Crippen molar-refractivity contribution >= 4 is 11.5 Å². The summed E-state index contributed by atoms with van der Waals surface area (Å²) in [4.78, 5) is 11.5. The summed E-state index contributed by atoms with van der Waals surface area (Å²) in [7, 11) is 1.39. The van der Waals surface area contributed by atoms with Gasteiger partial charge in [0.25, 0.3) is 0 Å². The summed E-state index contributed by atoms with van der Waals surface area (Å²) in [6.07, 6.45) is 2.54. The van der Waals surface area contributed by atoms with Crippen molar-refractivity contribution in [1.82, 2.24) is 0 Å². The first-order chi connectivity index (χ1) is 10.2. The van der Waals surface area contributed by atoms with Crippen molar-refractivity contribution in [3.8, 4) is 0 Å². The average molecular weight is 278 g/mol. The molecule has 0 heterocycles. The lowest BCUT2D eigenvalue weighted by molar-refractivity contribution is 0.0600. The molecule has 2 nitrogen and oxygen atoms in total. The summed E-state index contributed by atoms with van der Waals surface area (Å²) in [5, 5.41) is 0. The van der Waals surface area contributed by atoms with Crippen LogP contribution in [0.2, 0.25) is 0 Å². The number of benzene rings is 2. The van der Waals surface area contributed by atoms with E-state index in [1.54, 1.807) is 12.1 Å². The van der Waals surface area contributed by atoms with Crippen molar-refractivity contribution in [2.75, 3.05) is 7.11 Å². The van der Waals surface area contributed by atoms with Crippen LogP contribution in [-0.4, -0.2) is 13.1 Å². The minimum absolute atomic E-state index is 0.314. The van der Waals surface area contributed by atoms with Crippen molar-refractivity contribution in [3.05, 3.63) is 77.4 Å². The number of methoxy groups -OCH3 is 1. The smallest absolute Gasteiger partial charge is 0.337 e. The van der Waals surface area contributed by atoms with Gasteiger partial charge in [0, 0.05) is 0 Å². The van der Waals surface area contributed by atoms with Gasteiger partial charge in [0.05, 0.1) is 12.7 Å². The Labute approximate surface area is 125 Å². The molecule has 0 aromatic heterocycles. The lowest BCUT2D eigenvalue weighted by atomic mass is 9.93. The molecule has 1 aliphatic rings. The van der Waals surface area contributed by atoms with Crippen molar-refractivity contribution < 1.29 is 9.53 Å². The van der Waals surface area contributed by atoms with Gasteiger partial charge < -0.3 is 4.74 Å². The van der Waals surface area contributed by atoms with E-state index >= 15 is 0 Å². The molecule has 0 unspecified atom stereocenters. The van der Waals surface area contributed by atoms with Gasteiger partial charge in [-0.2, -0.15) is 0 Å². The SMILES string of the molecule is C=C(c1ccc(C(=O)OC)cc1)c1ccccc1C1CC1. The van der Waals surface area contributed by atoms with E-state index in [-0.39, 0.29) is 5.97 Å². The monoisotopic (exact) mass is 278 g/mol. The molecule has 2 aromatic rings. The normalized spacial score (nSPS) is 13.8. The lowest BCUT2D eigenvalue weighted by Crippen LogP contribution is -2.01. The highest BCUT2D eigenvalue weighted by molar-refractivity contribution is 5.90. The third-order valence-corrected chi connectivity index (χ3v) is 3.96. The third kappa shape index (κ3) is 2.75. The van der Waals surface area contributed by atoms with Gasteiger partial charge in [-0.05, 0) is 53.2 Å². The summed E-state index contributed by atoms with van der Waals surface area (Å²) in [5.74, 6) is 0.373. The van der Waals surface area contributed by atoms with Gasteiger partial charge >= 0.3 is 5.97 Å². The molecule has 0 N–H and O–H groups in total. The molecule has 2 aromatic carbocycles. The fraction of sp³-hybridized carbons (Fsp3) is 0.211.